The molecule has 1 saturated heterocycles. The first-order chi connectivity index (χ1) is 14.2. The zero-order chi connectivity index (χ0) is 21.6. The average Bonchev–Trinajstić information content (AvgIpc) is 2.73. The van der Waals surface area contributed by atoms with Gasteiger partial charge in [-0.1, -0.05) is 54.1 Å². The summed E-state index contributed by atoms with van der Waals surface area (Å²) in [4.78, 5) is 0. The minimum absolute atomic E-state index is 0.448. The number of aryl methyl sites for hydroxylation is 1. The number of rotatable bonds is 5. The molecule has 2 aromatic carbocycles. The van der Waals surface area contributed by atoms with Crippen molar-refractivity contribution in [1.29, 1.82) is 0 Å². The zero-order valence-electron chi connectivity index (χ0n) is 17.0. The summed E-state index contributed by atoms with van der Waals surface area (Å²) in [6, 6.07) is 12.0. The van der Waals surface area contributed by atoms with Crippen molar-refractivity contribution in [2.75, 3.05) is 6.61 Å². The van der Waals surface area contributed by atoms with Crippen molar-refractivity contribution in [3.63, 3.8) is 0 Å². The van der Waals surface area contributed by atoms with E-state index in [0.717, 1.165) is 28.7 Å². The van der Waals surface area contributed by atoms with E-state index < -0.39 is 42.3 Å². The van der Waals surface area contributed by atoms with Crippen LogP contribution in [0.1, 0.15) is 46.4 Å². The predicted octanol–water partition coefficient (Wildman–Crippen LogP) is 0.401. The molecule has 7 heteroatoms. The largest absolute Gasteiger partial charge is 0.394 e. The van der Waals surface area contributed by atoms with Gasteiger partial charge in [0.15, 0.2) is 0 Å². The maximum Gasteiger partial charge on any atom is 0.113 e. The third kappa shape index (κ3) is 3.74. The molecule has 2 aliphatic rings. The molecular formula is C23H26B2O5. The smallest absolute Gasteiger partial charge is 0.113 e. The van der Waals surface area contributed by atoms with Gasteiger partial charge < -0.3 is 25.2 Å². The van der Waals surface area contributed by atoms with Crippen LogP contribution in [0.4, 0.5) is 0 Å². The van der Waals surface area contributed by atoms with Crippen molar-refractivity contribution in [1.82, 2.24) is 0 Å². The second kappa shape index (κ2) is 8.13. The van der Waals surface area contributed by atoms with E-state index in [4.69, 9.17) is 20.4 Å². The van der Waals surface area contributed by atoms with Crippen LogP contribution in [0.3, 0.4) is 0 Å². The summed E-state index contributed by atoms with van der Waals surface area (Å²) in [6.45, 7) is 1.63. The molecule has 0 bridgehead atoms. The lowest BCUT2D eigenvalue weighted by Gasteiger charge is -2.40. The molecule has 0 unspecified atom stereocenters. The Kier molecular flexibility index (Phi) is 5.86. The number of benzene rings is 2. The molecule has 0 aromatic heterocycles. The molecular weight excluding hydrogens is 378 g/mol. The molecule has 1 heterocycles. The number of fused-ring (bicyclic) bond motifs is 1. The zero-order valence-corrected chi connectivity index (χ0v) is 17.0. The van der Waals surface area contributed by atoms with Gasteiger partial charge in [0, 0.05) is 0 Å². The number of aliphatic hydroxyl groups excluding tert-OH is 4. The third-order valence-electron chi connectivity index (χ3n) is 6.39. The quantitative estimate of drug-likeness (QED) is 0.542. The highest BCUT2D eigenvalue weighted by atomic mass is 16.5. The monoisotopic (exact) mass is 404 g/mol. The van der Waals surface area contributed by atoms with Crippen LogP contribution >= 0.6 is 0 Å². The van der Waals surface area contributed by atoms with E-state index in [2.05, 4.69) is 25.1 Å². The summed E-state index contributed by atoms with van der Waals surface area (Å²) in [7, 11) is 12.2. The molecule has 5 nitrogen and oxygen atoms in total. The summed E-state index contributed by atoms with van der Waals surface area (Å²) in [6.07, 6.45) is -3.66. The van der Waals surface area contributed by atoms with Gasteiger partial charge in [-0.05, 0) is 47.1 Å². The fraction of sp³-hybridized carbons (Fsp3) is 0.478. The molecule has 30 heavy (non-hydrogen) atoms. The Morgan fingerprint density at radius 1 is 1.00 bits per heavy atom. The third-order valence-corrected chi connectivity index (χ3v) is 6.39. The van der Waals surface area contributed by atoms with Crippen molar-refractivity contribution in [2.45, 2.75) is 61.9 Å². The lowest BCUT2D eigenvalue weighted by Crippen LogP contribution is -2.55. The SMILES string of the molecule is [B]C1([B])Cc2ccc(Cc3cc([C@@H]4O[C@H](CO)[C@@H](O)[C@H](O)[C@H]4O)ccc3CC)cc21. The Balaban J connectivity index is 1.64. The molecule has 5 atom stereocenters. The molecule has 0 saturated carbocycles. The van der Waals surface area contributed by atoms with E-state index >= 15 is 0 Å². The van der Waals surface area contributed by atoms with Gasteiger partial charge in [-0.15, -0.1) is 0 Å². The standard InChI is InChI=1S/C23H26B2O5/c1-2-13-5-6-14(22-21(29)20(28)19(27)18(11-26)30-22)9-16(13)7-12-3-4-15-10-23(24,25)17(15)8-12/h3-6,8-9,18-22,26-29H,2,7,10-11H2,1H3/t18-,19-,20+,21-,22+/m1/s1. The lowest BCUT2D eigenvalue weighted by atomic mass is 9.42. The molecule has 4 rings (SSSR count). The summed E-state index contributed by atoms with van der Waals surface area (Å²) >= 11 is 0. The molecule has 1 fully saturated rings. The molecule has 1 aliphatic carbocycles. The molecule has 1 aliphatic heterocycles. The van der Waals surface area contributed by atoms with E-state index in [1.54, 1.807) is 0 Å². The van der Waals surface area contributed by atoms with Crippen LogP contribution in [0.5, 0.6) is 0 Å². The minimum Gasteiger partial charge on any atom is -0.394 e. The molecule has 154 valence electrons. The predicted molar refractivity (Wildman–Crippen MR) is 115 cm³/mol. The maximum absolute atomic E-state index is 10.5. The highest BCUT2D eigenvalue weighted by Crippen LogP contribution is 2.37. The van der Waals surface area contributed by atoms with Crippen LogP contribution in [0.15, 0.2) is 36.4 Å². The van der Waals surface area contributed by atoms with Crippen molar-refractivity contribution in [3.8, 4) is 0 Å². The van der Waals surface area contributed by atoms with Gasteiger partial charge in [0.25, 0.3) is 0 Å². The van der Waals surface area contributed by atoms with E-state index in [-0.39, 0.29) is 0 Å². The minimum atomic E-state index is -1.40. The Labute approximate surface area is 179 Å². The number of ether oxygens (including phenoxy) is 1. The first kappa shape index (κ1) is 21.6. The van der Waals surface area contributed by atoms with Crippen LogP contribution in [0, 0.1) is 0 Å². The summed E-state index contributed by atoms with van der Waals surface area (Å²) < 4.78 is 5.72. The highest BCUT2D eigenvalue weighted by molar-refractivity contribution is 6.41. The summed E-state index contributed by atoms with van der Waals surface area (Å²) in [5.74, 6) is 0. The van der Waals surface area contributed by atoms with Gasteiger partial charge in [0.2, 0.25) is 0 Å². The van der Waals surface area contributed by atoms with Gasteiger partial charge in [0.1, 0.15) is 30.5 Å². The first-order valence-electron chi connectivity index (χ1n) is 10.4. The van der Waals surface area contributed by atoms with Gasteiger partial charge in [0.05, 0.1) is 22.3 Å². The second-order valence-electron chi connectivity index (χ2n) is 8.52. The van der Waals surface area contributed by atoms with Crippen molar-refractivity contribution in [3.05, 3.63) is 69.8 Å². The summed E-state index contributed by atoms with van der Waals surface area (Å²) in [5, 5.41) is 39.3. The molecule has 4 radical (unpaired) electrons. The second-order valence-corrected chi connectivity index (χ2v) is 8.52. The Morgan fingerprint density at radius 2 is 1.77 bits per heavy atom. The van der Waals surface area contributed by atoms with Gasteiger partial charge in [-0.25, -0.2) is 0 Å². The number of hydrogen-bond donors (Lipinski definition) is 4. The van der Waals surface area contributed by atoms with Crippen LogP contribution in [0.25, 0.3) is 0 Å². The Bertz CT molecular complexity index is 930. The maximum atomic E-state index is 10.5. The fourth-order valence-electron chi connectivity index (χ4n) is 4.55. The topological polar surface area (TPSA) is 90.2 Å². The molecule has 4 N–H and O–H groups in total. The normalized spacial score (nSPS) is 29.8. The van der Waals surface area contributed by atoms with E-state index in [0.29, 0.717) is 18.4 Å². The van der Waals surface area contributed by atoms with Gasteiger partial charge >= 0.3 is 0 Å². The Hall–Kier alpha value is -1.63. The van der Waals surface area contributed by atoms with Crippen molar-refractivity contribution >= 4 is 15.7 Å². The average molecular weight is 404 g/mol. The lowest BCUT2D eigenvalue weighted by molar-refractivity contribution is -0.231. The van der Waals surface area contributed by atoms with Gasteiger partial charge in [-0.2, -0.15) is 0 Å². The molecule has 0 spiro atoms. The fourth-order valence-corrected chi connectivity index (χ4v) is 4.55. The van der Waals surface area contributed by atoms with Crippen LogP contribution in [-0.2, 0) is 29.2 Å². The van der Waals surface area contributed by atoms with Crippen molar-refractivity contribution < 1.29 is 25.2 Å². The van der Waals surface area contributed by atoms with Gasteiger partial charge in [-0.3, -0.25) is 0 Å². The first-order valence-corrected chi connectivity index (χ1v) is 10.4. The Morgan fingerprint density at radius 3 is 2.43 bits per heavy atom. The van der Waals surface area contributed by atoms with Crippen molar-refractivity contribution in [2.24, 2.45) is 0 Å². The van der Waals surface area contributed by atoms with E-state index in [1.165, 1.54) is 5.56 Å². The number of hydrogen-bond acceptors (Lipinski definition) is 5. The molecule has 0 amide bonds. The van der Waals surface area contributed by atoms with E-state index in [9.17, 15) is 20.4 Å². The molecule has 2 aromatic rings. The van der Waals surface area contributed by atoms with Crippen LogP contribution < -0.4 is 0 Å². The summed E-state index contributed by atoms with van der Waals surface area (Å²) in [5.41, 5.74) is 6.17. The van der Waals surface area contributed by atoms with Crippen LogP contribution in [-0.4, -0.2) is 67.1 Å². The number of aliphatic hydroxyl groups is 4. The highest BCUT2D eigenvalue weighted by Gasteiger charge is 2.44. The van der Waals surface area contributed by atoms with E-state index in [1.807, 2.05) is 18.2 Å². The van der Waals surface area contributed by atoms with Crippen LogP contribution in [0.2, 0.25) is 0 Å².